The number of nitrogens with zero attached hydrogens (tertiary/aromatic N) is 1. The molecule has 0 aromatic heterocycles. The molecule has 2 rings (SSSR count). The first-order valence-corrected chi connectivity index (χ1v) is 9.72. The third-order valence-electron chi connectivity index (χ3n) is 4.61. The van der Waals surface area contributed by atoms with Gasteiger partial charge >= 0.3 is 0 Å². The lowest BCUT2D eigenvalue weighted by Crippen LogP contribution is -2.17. The molecule has 0 heterocycles. The standard InChI is InChI=1S/C22H27BrN2O2/c1-7-14(3)17-12-20(26-5)21(27-6)13-18(17)22(24-8-2)25-16-10-9-15(4)19(23)11-16/h8-14H,2,7H2,1,3-6H3,(H,24,25). The van der Waals surface area contributed by atoms with Crippen LogP contribution < -0.4 is 14.8 Å². The Balaban J connectivity index is 2.59. The monoisotopic (exact) mass is 430 g/mol. The molecule has 1 N–H and O–H groups in total. The number of anilines is 1. The highest BCUT2D eigenvalue weighted by Crippen LogP contribution is 2.35. The van der Waals surface area contributed by atoms with Gasteiger partial charge in [-0.2, -0.15) is 0 Å². The number of aryl methyl sites for hydroxylation is 1. The van der Waals surface area contributed by atoms with Crippen molar-refractivity contribution in [3.05, 3.63) is 64.3 Å². The fourth-order valence-electron chi connectivity index (χ4n) is 2.80. The number of nitrogens with one attached hydrogen (secondary N) is 1. The SMILES string of the molecule is C=CN=C(Nc1ccc(C)c(Br)c1)c1cc(OC)c(OC)cc1C(C)CC. The summed E-state index contributed by atoms with van der Waals surface area (Å²) in [5.41, 5.74) is 4.24. The summed E-state index contributed by atoms with van der Waals surface area (Å²) in [5.74, 6) is 2.44. The summed E-state index contributed by atoms with van der Waals surface area (Å²) in [4.78, 5) is 4.51. The molecule has 144 valence electrons. The van der Waals surface area contributed by atoms with Crippen LogP contribution in [0.25, 0.3) is 0 Å². The molecule has 4 nitrogen and oxygen atoms in total. The van der Waals surface area contributed by atoms with Crippen molar-refractivity contribution in [1.29, 1.82) is 0 Å². The zero-order chi connectivity index (χ0) is 20.0. The molecule has 0 saturated carbocycles. The van der Waals surface area contributed by atoms with E-state index in [1.807, 2.05) is 24.3 Å². The molecular formula is C22H27BrN2O2. The maximum atomic E-state index is 5.52. The molecule has 1 unspecified atom stereocenters. The summed E-state index contributed by atoms with van der Waals surface area (Å²) in [5, 5.41) is 3.42. The maximum absolute atomic E-state index is 5.52. The fraction of sp³-hybridized carbons (Fsp3) is 0.318. The van der Waals surface area contributed by atoms with Crippen molar-refractivity contribution < 1.29 is 9.47 Å². The molecule has 2 aromatic carbocycles. The number of benzene rings is 2. The second kappa shape index (κ2) is 9.60. The van der Waals surface area contributed by atoms with Crippen LogP contribution in [-0.2, 0) is 0 Å². The van der Waals surface area contributed by atoms with Gasteiger partial charge in [0.25, 0.3) is 0 Å². The Labute approximate surface area is 170 Å². The summed E-state index contributed by atoms with van der Waals surface area (Å²) in [7, 11) is 3.29. The van der Waals surface area contributed by atoms with Crippen LogP contribution in [0.3, 0.4) is 0 Å². The van der Waals surface area contributed by atoms with Crippen LogP contribution >= 0.6 is 15.9 Å². The quantitative estimate of drug-likeness (QED) is 0.414. The first-order chi connectivity index (χ1) is 12.9. The Morgan fingerprint density at radius 2 is 1.89 bits per heavy atom. The minimum absolute atomic E-state index is 0.335. The molecule has 0 amide bonds. The van der Waals surface area contributed by atoms with Crippen molar-refractivity contribution in [2.24, 2.45) is 4.99 Å². The molecule has 0 bridgehead atoms. The summed E-state index contributed by atoms with van der Waals surface area (Å²) >= 11 is 3.59. The van der Waals surface area contributed by atoms with Crippen LogP contribution in [0.2, 0.25) is 0 Å². The molecule has 0 aliphatic rings. The summed E-state index contributed by atoms with van der Waals surface area (Å²) in [6, 6.07) is 10.1. The van der Waals surface area contributed by atoms with Crippen LogP contribution in [0.1, 0.15) is 42.9 Å². The van der Waals surface area contributed by atoms with Crippen molar-refractivity contribution in [3.8, 4) is 11.5 Å². The molecule has 0 spiro atoms. The van der Waals surface area contributed by atoms with Crippen LogP contribution in [0.5, 0.6) is 11.5 Å². The highest BCUT2D eigenvalue weighted by Gasteiger charge is 2.19. The predicted octanol–water partition coefficient (Wildman–Crippen LogP) is 6.29. The number of aliphatic imine (C=N–C) groups is 1. The molecule has 0 radical (unpaired) electrons. The van der Waals surface area contributed by atoms with E-state index in [1.165, 1.54) is 5.56 Å². The van der Waals surface area contributed by atoms with Gasteiger partial charge in [-0.25, -0.2) is 4.99 Å². The number of rotatable bonds is 7. The number of hydrogen-bond donors (Lipinski definition) is 1. The highest BCUT2D eigenvalue weighted by atomic mass is 79.9. The van der Waals surface area contributed by atoms with Gasteiger partial charge in [0.2, 0.25) is 0 Å². The second-order valence-electron chi connectivity index (χ2n) is 6.35. The lowest BCUT2D eigenvalue weighted by atomic mass is 9.92. The number of hydrogen-bond acceptors (Lipinski definition) is 3. The van der Waals surface area contributed by atoms with Crippen LogP contribution in [0, 0.1) is 6.92 Å². The Morgan fingerprint density at radius 3 is 2.44 bits per heavy atom. The van der Waals surface area contributed by atoms with Gasteiger partial charge in [-0.1, -0.05) is 42.4 Å². The minimum atomic E-state index is 0.335. The third-order valence-corrected chi connectivity index (χ3v) is 5.46. The van der Waals surface area contributed by atoms with Crippen molar-refractivity contribution >= 4 is 27.5 Å². The topological polar surface area (TPSA) is 42.9 Å². The summed E-state index contributed by atoms with van der Waals surface area (Å²) in [6.45, 7) is 10.2. The number of amidine groups is 1. The van der Waals surface area contributed by atoms with Gasteiger partial charge in [-0.15, -0.1) is 0 Å². The number of halogens is 1. The second-order valence-corrected chi connectivity index (χ2v) is 7.21. The molecule has 0 aliphatic heterocycles. The van der Waals surface area contributed by atoms with E-state index in [9.17, 15) is 0 Å². The Kier molecular flexibility index (Phi) is 7.48. The fourth-order valence-corrected chi connectivity index (χ4v) is 3.17. The molecule has 2 aromatic rings. The zero-order valence-electron chi connectivity index (χ0n) is 16.6. The molecule has 27 heavy (non-hydrogen) atoms. The van der Waals surface area contributed by atoms with E-state index in [4.69, 9.17) is 9.47 Å². The molecule has 1 atom stereocenters. The van der Waals surface area contributed by atoms with Gasteiger partial charge in [-0.3, -0.25) is 0 Å². The number of methoxy groups -OCH3 is 2. The van der Waals surface area contributed by atoms with E-state index in [1.54, 1.807) is 20.4 Å². The molecule has 0 saturated heterocycles. The van der Waals surface area contributed by atoms with Gasteiger partial charge in [0.05, 0.1) is 14.2 Å². The Hall–Kier alpha value is -2.27. The first-order valence-electron chi connectivity index (χ1n) is 8.93. The van der Waals surface area contributed by atoms with E-state index in [-0.39, 0.29) is 0 Å². The number of ether oxygens (including phenoxy) is 2. The Bertz CT molecular complexity index is 846. The van der Waals surface area contributed by atoms with Gasteiger partial charge in [0.1, 0.15) is 5.84 Å². The van der Waals surface area contributed by atoms with E-state index in [2.05, 4.69) is 59.7 Å². The largest absolute Gasteiger partial charge is 0.493 e. The maximum Gasteiger partial charge on any atom is 0.161 e. The van der Waals surface area contributed by atoms with E-state index >= 15 is 0 Å². The molecule has 0 fully saturated rings. The minimum Gasteiger partial charge on any atom is -0.493 e. The van der Waals surface area contributed by atoms with Crippen LogP contribution in [-0.4, -0.2) is 20.1 Å². The van der Waals surface area contributed by atoms with Gasteiger partial charge in [-0.05, 0) is 54.7 Å². The average Bonchev–Trinajstić information content (AvgIpc) is 2.68. The lowest BCUT2D eigenvalue weighted by Gasteiger charge is -2.20. The van der Waals surface area contributed by atoms with E-state index < -0.39 is 0 Å². The van der Waals surface area contributed by atoms with Crippen molar-refractivity contribution in [2.45, 2.75) is 33.1 Å². The van der Waals surface area contributed by atoms with E-state index in [0.717, 1.165) is 33.5 Å². The third kappa shape index (κ3) is 4.92. The zero-order valence-corrected chi connectivity index (χ0v) is 18.2. The van der Waals surface area contributed by atoms with Gasteiger partial charge in [0, 0.05) is 21.9 Å². The summed E-state index contributed by atoms with van der Waals surface area (Å²) < 4.78 is 12.1. The van der Waals surface area contributed by atoms with Crippen LogP contribution in [0.4, 0.5) is 5.69 Å². The highest BCUT2D eigenvalue weighted by molar-refractivity contribution is 9.10. The molecule has 5 heteroatoms. The van der Waals surface area contributed by atoms with Crippen molar-refractivity contribution in [2.75, 3.05) is 19.5 Å². The van der Waals surface area contributed by atoms with E-state index in [0.29, 0.717) is 17.4 Å². The molecule has 0 aliphatic carbocycles. The molecular weight excluding hydrogens is 404 g/mol. The Morgan fingerprint density at radius 1 is 1.22 bits per heavy atom. The lowest BCUT2D eigenvalue weighted by molar-refractivity contribution is 0.354. The normalized spacial score (nSPS) is 12.4. The summed E-state index contributed by atoms with van der Waals surface area (Å²) in [6.07, 6.45) is 2.54. The van der Waals surface area contributed by atoms with Gasteiger partial charge < -0.3 is 14.8 Å². The van der Waals surface area contributed by atoms with Crippen molar-refractivity contribution in [3.63, 3.8) is 0 Å². The predicted molar refractivity (Wildman–Crippen MR) is 117 cm³/mol. The smallest absolute Gasteiger partial charge is 0.161 e. The first kappa shape index (κ1) is 21.0. The van der Waals surface area contributed by atoms with Crippen molar-refractivity contribution in [1.82, 2.24) is 0 Å². The van der Waals surface area contributed by atoms with Gasteiger partial charge in [0.15, 0.2) is 11.5 Å². The van der Waals surface area contributed by atoms with Crippen LogP contribution in [0.15, 0.2) is 52.6 Å². The average molecular weight is 431 g/mol.